The van der Waals surface area contributed by atoms with Crippen LogP contribution in [0.25, 0.3) is 0 Å². The van der Waals surface area contributed by atoms with Gasteiger partial charge in [0.05, 0.1) is 0 Å². The highest BCUT2D eigenvalue weighted by Crippen LogP contribution is 2.20. The monoisotopic (exact) mass is 326 g/mol. The fourth-order valence-electron chi connectivity index (χ4n) is 2.63. The molecule has 2 rings (SSSR count). The van der Waals surface area contributed by atoms with Crippen LogP contribution < -0.4 is 5.32 Å². The van der Waals surface area contributed by atoms with E-state index in [0.717, 1.165) is 37.7 Å². The van der Waals surface area contributed by atoms with Gasteiger partial charge in [-0.25, -0.2) is 0 Å². The lowest BCUT2D eigenvalue weighted by Crippen LogP contribution is -2.38. The van der Waals surface area contributed by atoms with Crippen molar-refractivity contribution >= 4 is 29.0 Å². The Hall–Kier alpha value is -0.520. The quantitative estimate of drug-likeness (QED) is 0.745. The van der Waals surface area contributed by atoms with Gasteiger partial charge < -0.3 is 5.32 Å². The van der Waals surface area contributed by atoms with Crippen LogP contribution in [-0.4, -0.2) is 41.9 Å². The van der Waals surface area contributed by atoms with Gasteiger partial charge in [0, 0.05) is 30.1 Å². The second kappa shape index (κ2) is 9.49. The summed E-state index contributed by atoms with van der Waals surface area (Å²) in [6, 6.07) is 4.34. The van der Waals surface area contributed by atoms with Crippen LogP contribution in [0.3, 0.4) is 0 Å². The number of piperidine rings is 1. The summed E-state index contributed by atoms with van der Waals surface area (Å²) in [5.74, 6) is 2.92. The fraction of sp³-hybridized carbons (Fsp3) is 0.688. The van der Waals surface area contributed by atoms with Crippen molar-refractivity contribution in [2.45, 2.75) is 32.7 Å². The van der Waals surface area contributed by atoms with Crippen LogP contribution >= 0.6 is 23.1 Å². The maximum Gasteiger partial charge on any atom is 0.220 e. The van der Waals surface area contributed by atoms with Gasteiger partial charge in [0.1, 0.15) is 0 Å². The van der Waals surface area contributed by atoms with E-state index in [9.17, 15) is 4.79 Å². The number of thiophene rings is 1. The Balaban J connectivity index is 1.57. The predicted octanol–water partition coefficient (Wildman–Crippen LogP) is 3.22. The summed E-state index contributed by atoms with van der Waals surface area (Å²) in [7, 11) is 0. The molecule has 1 amide bonds. The molecule has 0 radical (unpaired) electrons. The van der Waals surface area contributed by atoms with Crippen LogP contribution in [0.4, 0.5) is 0 Å². The van der Waals surface area contributed by atoms with Crippen LogP contribution in [0.5, 0.6) is 0 Å². The van der Waals surface area contributed by atoms with Gasteiger partial charge in [-0.1, -0.05) is 13.0 Å². The maximum atomic E-state index is 11.7. The number of amides is 1. The van der Waals surface area contributed by atoms with E-state index in [4.69, 9.17) is 0 Å². The average Bonchev–Trinajstić information content (AvgIpc) is 3.00. The minimum Gasteiger partial charge on any atom is -0.356 e. The zero-order valence-electron chi connectivity index (χ0n) is 12.8. The molecule has 1 N–H and O–H groups in total. The molecule has 0 aromatic carbocycles. The van der Waals surface area contributed by atoms with Crippen LogP contribution in [0, 0.1) is 5.92 Å². The van der Waals surface area contributed by atoms with Crippen molar-refractivity contribution in [3.63, 3.8) is 0 Å². The molecule has 0 bridgehead atoms. The Labute approximate surface area is 136 Å². The van der Waals surface area contributed by atoms with Crippen molar-refractivity contribution in [3.8, 4) is 0 Å². The number of carbonyl (C=O) groups is 1. The van der Waals surface area contributed by atoms with E-state index < -0.39 is 0 Å². The van der Waals surface area contributed by atoms with Crippen molar-refractivity contribution in [3.05, 3.63) is 22.4 Å². The number of likely N-dealkylation sites (tertiary alicyclic amines) is 1. The van der Waals surface area contributed by atoms with Gasteiger partial charge >= 0.3 is 0 Å². The van der Waals surface area contributed by atoms with E-state index in [1.807, 2.05) is 23.1 Å². The van der Waals surface area contributed by atoms with Crippen LogP contribution in [0.2, 0.25) is 0 Å². The number of thioether (sulfide) groups is 1. The first-order chi connectivity index (χ1) is 10.3. The molecule has 1 aliphatic heterocycles. The normalized spacial score (nSPS) is 17.0. The number of carbonyl (C=O) groups excluding carboxylic acids is 1. The minimum absolute atomic E-state index is 0.219. The average molecular weight is 327 g/mol. The standard InChI is InChI=1S/C16H26N2OS2/c1-2-20-11-7-16(19)17-12-14-5-8-18(9-6-14)13-15-4-3-10-21-15/h3-4,10,14H,2,5-9,11-13H2,1H3,(H,17,19). The minimum atomic E-state index is 0.219. The Morgan fingerprint density at radius 3 is 2.95 bits per heavy atom. The highest BCUT2D eigenvalue weighted by atomic mass is 32.2. The largest absolute Gasteiger partial charge is 0.356 e. The van der Waals surface area contributed by atoms with Crippen molar-refractivity contribution in [2.24, 2.45) is 5.92 Å². The van der Waals surface area contributed by atoms with Crippen LogP contribution in [0.15, 0.2) is 17.5 Å². The zero-order chi connectivity index (χ0) is 14.9. The van der Waals surface area contributed by atoms with Gasteiger partial charge in [-0.2, -0.15) is 11.8 Å². The molecule has 0 aliphatic carbocycles. The number of rotatable bonds is 8. The van der Waals surface area contributed by atoms with E-state index >= 15 is 0 Å². The predicted molar refractivity (Wildman–Crippen MR) is 92.9 cm³/mol. The molecule has 21 heavy (non-hydrogen) atoms. The fourth-order valence-corrected chi connectivity index (χ4v) is 3.99. The zero-order valence-corrected chi connectivity index (χ0v) is 14.5. The molecular weight excluding hydrogens is 300 g/mol. The Bertz CT molecular complexity index is 400. The topological polar surface area (TPSA) is 32.3 Å². The second-order valence-corrected chi connectivity index (χ2v) is 7.98. The number of nitrogens with zero attached hydrogens (tertiary/aromatic N) is 1. The van der Waals surface area contributed by atoms with Gasteiger partial charge in [-0.3, -0.25) is 9.69 Å². The number of nitrogens with one attached hydrogen (secondary N) is 1. The first-order valence-corrected chi connectivity index (χ1v) is 9.90. The molecular formula is C16H26N2OS2. The molecule has 5 heteroatoms. The molecule has 0 atom stereocenters. The smallest absolute Gasteiger partial charge is 0.220 e. The second-order valence-electron chi connectivity index (χ2n) is 5.55. The summed E-state index contributed by atoms with van der Waals surface area (Å²) in [4.78, 5) is 15.7. The Kier molecular flexibility index (Phi) is 7.61. The third kappa shape index (κ3) is 6.41. The summed E-state index contributed by atoms with van der Waals surface area (Å²) < 4.78 is 0. The Morgan fingerprint density at radius 2 is 2.29 bits per heavy atom. The van der Waals surface area contributed by atoms with E-state index in [1.54, 1.807) is 0 Å². The highest BCUT2D eigenvalue weighted by molar-refractivity contribution is 7.99. The van der Waals surface area contributed by atoms with E-state index in [-0.39, 0.29) is 5.91 Å². The van der Waals surface area contributed by atoms with Gasteiger partial charge in [0.25, 0.3) is 0 Å². The molecule has 2 heterocycles. The maximum absolute atomic E-state index is 11.7. The molecule has 1 fully saturated rings. The van der Waals surface area contributed by atoms with Crippen molar-refractivity contribution in [1.82, 2.24) is 10.2 Å². The van der Waals surface area contributed by atoms with Gasteiger partial charge in [0.2, 0.25) is 5.91 Å². The lowest BCUT2D eigenvalue weighted by atomic mass is 9.96. The summed E-state index contributed by atoms with van der Waals surface area (Å²) in [5, 5.41) is 5.25. The number of hydrogen-bond acceptors (Lipinski definition) is 4. The van der Waals surface area contributed by atoms with Crippen molar-refractivity contribution in [1.29, 1.82) is 0 Å². The van der Waals surface area contributed by atoms with E-state index in [1.165, 1.54) is 17.7 Å². The molecule has 3 nitrogen and oxygen atoms in total. The summed E-state index contributed by atoms with van der Waals surface area (Å²) >= 11 is 3.67. The molecule has 0 spiro atoms. The van der Waals surface area contributed by atoms with Gasteiger partial charge in [0.15, 0.2) is 0 Å². The number of hydrogen-bond donors (Lipinski definition) is 1. The van der Waals surface area contributed by atoms with Gasteiger partial charge in [-0.05, 0) is 49.0 Å². The molecule has 1 aromatic rings. The summed E-state index contributed by atoms with van der Waals surface area (Å²) in [6.07, 6.45) is 3.07. The third-order valence-electron chi connectivity index (χ3n) is 3.93. The van der Waals surface area contributed by atoms with E-state index in [2.05, 4.69) is 34.7 Å². The molecule has 1 saturated heterocycles. The first-order valence-electron chi connectivity index (χ1n) is 7.87. The highest BCUT2D eigenvalue weighted by Gasteiger charge is 2.19. The van der Waals surface area contributed by atoms with Gasteiger partial charge in [-0.15, -0.1) is 11.3 Å². The third-order valence-corrected chi connectivity index (χ3v) is 5.69. The van der Waals surface area contributed by atoms with Crippen molar-refractivity contribution < 1.29 is 4.79 Å². The lowest BCUT2D eigenvalue weighted by Gasteiger charge is -2.31. The SMILES string of the molecule is CCSCCC(=O)NCC1CCN(Cc2cccs2)CC1. The van der Waals surface area contributed by atoms with E-state index in [0.29, 0.717) is 12.3 Å². The first kappa shape index (κ1) is 16.8. The summed E-state index contributed by atoms with van der Waals surface area (Å²) in [6.45, 7) is 6.40. The molecule has 0 unspecified atom stereocenters. The van der Waals surface area contributed by atoms with Crippen LogP contribution in [-0.2, 0) is 11.3 Å². The molecule has 118 valence electrons. The summed E-state index contributed by atoms with van der Waals surface area (Å²) in [5.41, 5.74) is 0. The van der Waals surface area contributed by atoms with Crippen molar-refractivity contribution in [2.75, 3.05) is 31.1 Å². The molecule has 1 aliphatic rings. The Morgan fingerprint density at radius 1 is 1.48 bits per heavy atom. The van der Waals surface area contributed by atoms with Crippen LogP contribution in [0.1, 0.15) is 31.1 Å². The lowest BCUT2D eigenvalue weighted by molar-refractivity contribution is -0.120. The molecule has 1 aromatic heterocycles. The molecule has 0 saturated carbocycles.